The SMILES string of the molecule is CC1=CC(/C=C/c2cc3cc4c(cc3oc2=O)C#CCCC=C4)=[N+]2C1=Cc1c(C)cc(C)n1[B-]2(F)F. The Labute approximate surface area is 207 Å². The molecule has 7 heteroatoms. The lowest BCUT2D eigenvalue weighted by molar-refractivity contribution is -0.361. The number of hydrogen-bond acceptors (Lipinski definition) is 2. The summed E-state index contributed by atoms with van der Waals surface area (Å²) in [7, 11) is 0. The Kier molecular flexibility index (Phi) is 4.91. The lowest BCUT2D eigenvalue weighted by atomic mass is 9.89. The lowest BCUT2D eigenvalue weighted by Crippen LogP contribution is -2.50. The van der Waals surface area contributed by atoms with Gasteiger partial charge in [0.25, 0.3) is 0 Å². The Morgan fingerprint density at radius 1 is 1.11 bits per heavy atom. The number of rotatable bonds is 2. The van der Waals surface area contributed by atoms with Gasteiger partial charge in [-0.15, -0.1) is 0 Å². The smallest absolute Gasteiger partial charge is 0.422 e. The van der Waals surface area contributed by atoms with Crippen LogP contribution in [0, 0.1) is 25.7 Å². The second-order valence-corrected chi connectivity index (χ2v) is 9.51. The Bertz CT molecular complexity index is 1770. The summed E-state index contributed by atoms with van der Waals surface area (Å²) >= 11 is 0. The van der Waals surface area contributed by atoms with E-state index < -0.39 is 12.6 Å². The van der Waals surface area contributed by atoms with Crippen molar-refractivity contribution in [2.75, 3.05) is 0 Å². The maximum Gasteiger partial charge on any atom is 0.737 e. The van der Waals surface area contributed by atoms with Gasteiger partial charge in [0.1, 0.15) is 5.58 Å². The molecule has 0 bridgehead atoms. The molecule has 0 fully saturated rings. The average molecular weight is 480 g/mol. The fraction of sp³-hybridized carbons (Fsp3) is 0.172. The zero-order valence-corrected chi connectivity index (χ0v) is 20.2. The zero-order valence-electron chi connectivity index (χ0n) is 20.2. The van der Waals surface area contributed by atoms with Crippen molar-refractivity contribution in [2.45, 2.75) is 33.6 Å². The van der Waals surface area contributed by atoms with E-state index in [1.165, 1.54) is 0 Å². The fourth-order valence-electron chi connectivity index (χ4n) is 5.29. The number of allylic oxidation sites excluding steroid dienone is 4. The molecule has 0 spiro atoms. The first-order valence-electron chi connectivity index (χ1n) is 12.0. The lowest BCUT2D eigenvalue weighted by Gasteiger charge is -2.30. The number of fused-ring (bicyclic) bond motifs is 4. The molecule has 4 nitrogen and oxygen atoms in total. The van der Waals surface area contributed by atoms with Gasteiger partial charge >= 0.3 is 12.6 Å². The van der Waals surface area contributed by atoms with E-state index in [2.05, 4.69) is 17.9 Å². The fourth-order valence-corrected chi connectivity index (χ4v) is 5.29. The molecule has 0 amide bonds. The molecule has 178 valence electrons. The summed E-state index contributed by atoms with van der Waals surface area (Å²) < 4.78 is 39.4. The van der Waals surface area contributed by atoms with Crippen LogP contribution in [0.25, 0.3) is 29.2 Å². The number of benzene rings is 1. The predicted molar refractivity (Wildman–Crippen MR) is 141 cm³/mol. The maximum absolute atomic E-state index is 15.8. The van der Waals surface area contributed by atoms with Crippen LogP contribution in [0.1, 0.15) is 53.4 Å². The molecule has 0 saturated heterocycles. The molecule has 36 heavy (non-hydrogen) atoms. The van der Waals surface area contributed by atoms with Gasteiger partial charge in [-0.25, -0.2) is 4.79 Å². The first-order chi connectivity index (χ1) is 17.2. The molecule has 3 aliphatic rings. The van der Waals surface area contributed by atoms with E-state index in [0.29, 0.717) is 33.9 Å². The highest BCUT2D eigenvalue weighted by Crippen LogP contribution is 2.37. The van der Waals surface area contributed by atoms with E-state index in [0.717, 1.165) is 49.5 Å². The predicted octanol–water partition coefficient (Wildman–Crippen LogP) is 6.07. The van der Waals surface area contributed by atoms with Crippen molar-refractivity contribution in [1.82, 2.24) is 4.48 Å². The highest BCUT2D eigenvalue weighted by Gasteiger charge is 2.53. The molecule has 0 radical (unpaired) electrons. The van der Waals surface area contributed by atoms with Crippen LogP contribution < -0.4 is 5.63 Å². The third-order valence-corrected chi connectivity index (χ3v) is 6.99. The van der Waals surface area contributed by atoms with Gasteiger partial charge in [0.15, 0.2) is 11.4 Å². The van der Waals surface area contributed by atoms with Crippen LogP contribution in [0.5, 0.6) is 0 Å². The zero-order chi connectivity index (χ0) is 25.2. The van der Waals surface area contributed by atoms with Crippen molar-refractivity contribution in [3.63, 3.8) is 0 Å². The highest BCUT2D eigenvalue weighted by atomic mass is 19.2. The third-order valence-electron chi connectivity index (χ3n) is 6.99. The first kappa shape index (κ1) is 22.3. The minimum Gasteiger partial charge on any atom is -0.422 e. The molecule has 0 saturated carbocycles. The molecule has 0 unspecified atom stereocenters. The van der Waals surface area contributed by atoms with E-state index in [9.17, 15) is 4.79 Å². The number of halogens is 2. The Balaban J connectivity index is 1.45. The minimum absolute atomic E-state index is 0.292. The molecule has 1 aliphatic carbocycles. The monoisotopic (exact) mass is 480 g/mol. The molecule has 2 aliphatic heterocycles. The number of nitrogens with zero attached hydrogens (tertiary/aromatic N) is 2. The molecule has 0 atom stereocenters. The second kappa shape index (κ2) is 7.92. The normalized spacial score (nSPS) is 17.7. The summed E-state index contributed by atoms with van der Waals surface area (Å²) in [5.74, 6) is 6.25. The topological polar surface area (TPSA) is 38.1 Å². The van der Waals surface area contributed by atoms with Crippen LogP contribution >= 0.6 is 0 Å². The van der Waals surface area contributed by atoms with Crippen LogP contribution in [-0.2, 0) is 0 Å². The standard InChI is InChI=1S/C29H23BF2N2O2/c1-18-12-20(3)33-26(18)17-27-19(2)13-25(34(27)30(33,31)32)11-10-23-15-24-14-21-8-6-4-5-7-9-22(21)16-28(24)36-29(23)35/h6,8,10-17H,4-5H2,1-3H3/b8-6?,11-10+. The molecule has 2 aromatic heterocycles. The molecular formula is C29H23BF2N2O2. The number of aromatic nitrogens is 1. The summed E-state index contributed by atoms with van der Waals surface area (Å²) in [6.07, 6.45) is 12.4. The largest absolute Gasteiger partial charge is 0.737 e. The van der Waals surface area contributed by atoms with Crippen molar-refractivity contribution in [2.24, 2.45) is 0 Å². The maximum atomic E-state index is 15.8. The van der Waals surface area contributed by atoms with Gasteiger partial charge in [0.05, 0.1) is 5.56 Å². The summed E-state index contributed by atoms with van der Waals surface area (Å²) in [5, 5.41) is 0.749. The van der Waals surface area contributed by atoms with E-state index in [-0.39, 0.29) is 0 Å². The van der Waals surface area contributed by atoms with Crippen molar-refractivity contribution < 1.29 is 17.5 Å². The van der Waals surface area contributed by atoms with E-state index in [4.69, 9.17) is 4.42 Å². The molecular weight excluding hydrogens is 457 g/mol. The van der Waals surface area contributed by atoms with Crippen LogP contribution in [0.3, 0.4) is 0 Å². The van der Waals surface area contributed by atoms with Crippen LogP contribution in [0.2, 0.25) is 0 Å². The van der Waals surface area contributed by atoms with Crippen molar-refractivity contribution in [3.05, 3.63) is 97.8 Å². The van der Waals surface area contributed by atoms with Crippen molar-refractivity contribution in [1.29, 1.82) is 0 Å². The van der Waals surface area contributed by atoms with Gasteiger partial charge in [0, 0.05) is 46.9 Å². The first-order valence-corrected chi connectivity index (χ1v) is 12.0. The van der Waals surface area contributed by atoms with Crippen LogP contribution in [0.4, 0.5) is 8.63 Å². The van der Waals surface area contributed by atoms with Crippen LogP contribution in [0.15, 0.2) is 63.0 Å². The van der Waals surface area contributed by atoms with Gasteiger partial charge in [-0.05, 0) is 74.4 Å². The number of hydrogen-bond donors (Lipinski definition) is 0. The Hall–Kier alpha value is -4.18. The van der Waals surface area contributed by atoms with Gasteiger partial charge in [-0.1, -0.05) is 24.0 Å². The molecule has 6 rings (SSSR count). The molecule has 1 aromatic carbocycles. The quantitative estimate of drug-likeness (QED) is 0.254. The van der Waals surface area contributed by atoms with E-state index >= 15 is 8.63 Å². The van der Waals surface area contributed by atoms with Crippen molar-refractivity contribution in [3.8, 4) is 11.8 Å². The molecule has 4 heterocycles. The molecule has 3 aromatic rings. The van der Waals surface area contributed by atoms with Crippen molar-refractivity contribution >= 4 is 41.9 Å². The summed E-state index contributed by atoms with van der Waals surface area (Å²) in [6.45, 7) is 1.27. The van der Waals surface area contributed by atoms with E-state index in [1.54, 1.807) is 43.4 Å². The van der Waals surface area contributed by atoms with E-state index in [1.807, 2.05) is 32.1 Å². The van der Waals surface area contributed by atoms with Crippen LogP contribution in [-0.4, -0.2) is 21.6 Å². The van der Waals surface area contributed by atoms with Gasteiger partial charge < -0.3 is 22.0 Å². The summed E-state index contributed by atoms with van der Waals surface area (Å²) in [6, 6.07) is 7.24. The summed E-state index contributed by atoms with van der Waals surface area (Å²) in [5.41, 5.74) is 5.41. The Morgan fingerprint density at radius 2 is 1.94 bits per heavy atom. The second-order valence-electron chi connectivity index (χ2n) is 9.51. The van der Waals surface area contributed by atoms with Gasteiger partial charge in [-0.3, -0.25) is 0 Å². The van der Waals surface area contributed by atoms with Gasteiger partial charge in [-0.2, -0.15) is 0 Å². The van der Waals surface area contributed by atoms with Gasteiger partial charge in [0.2, 0.25) is 0 Å². The average Bonchev–Trinajstić information content (AvgIpc) is 3.29. The minimum atomic E-state index is -4.09. The Morgan fingerprint density at radius 3 is 2.78 bits per heavy atom. The number of aryl methyl sites for hydroxylation is 2. The third kappa shape index (κ3) is 3.36. The highest BCUT2D eigenvalue weighted by molar-refractivity contribution is 6.58. The molecule has 0 N–H and O–H groups in total. The summed E-state index contributed by atoms with van der Waals surface area (Å²) in [4.78, 5) is 12.7.